The summed E-state index contributed by atoms with van der Waals surface area (Å²) in [5.41, 5.74) is 1.24. The maximum atomic E-state index is 6.00. The Balaban J connectivity index is 2.24. The van der Waals surface area contributed by atoms with Crippen LogP contribution in [0.3, 0.4) is 0 Å². The monoisotopic (exact) mass is 315 g/mol. The normalized spacial score (nSPS) is 10.8. The van der Waals surface area contributed by atoms with Gasteiger partial charge in [0.15, 0.2) is 5.15 Å². The molecule has 0 saturated carbocycles. The van der Waals surface area contributed by atoms with E-state index in [0.29, 0.717) is 21.7 Å². The molecule has 0 aliphatic carbocycles. The summed E-state index contributed by atoms with van der Waals surface area (Å²) in [6.07, 6.45) is 0. The molecule has 0 bridgehead atoms. The van der Waals surface area contributed by atoms with Crippen LogP contribution in [0.5, 0.6) is 11.6 Å². The van der Waals surface area contributed by atoms with E-state index in [9.17, 15) is 0 Å². The fourth-order valence-electron chi connectivity index (χ4n) is 1.53. The number of hydrogen-bond acceptors (Lipinski definition) is 2. The number of ether oxygens (including phenoxy) is 1. The smallest absolute Gasteiger partial charge is 0.239 e. The van der Waals surface area contributed by atoms with Gasteiger partial charge in [0.1, 0.15) is 10.8 Å². The standard InChI is InChI=1S/C14H12Cl3NO/c1-8(2)9-3-5-10(6-4-9)19-14-12(16)7-11(15)13(17)18-14/h3-8H,1-2H3. The summed E-state index contributed by atoms with van der Waals surface area (Å²) >= 11 is 17.6. The van der Waals surface area contributed by atoms with Gasteiger partial charge in [0.25, 0.3) is 0 Å². The van der Waals surface area contributed by atoms with Crippen molar-refractivity contribution in [2.45, 2.75) is 19.8 Å². The second-order valence-electron chi connectivity index (χ2n) is 4.37. The van der Waals surface area contributed by atoms with Crippen LogP contribution in [-0.2, 0) is 0 Å². The average Bonchev–Trinajstić information content (AvgIpc) is 2.36. The van der Waals surface area contributed by atoms with Crippen LogP contribution in [0.15, 0.2) is 30.3 Å². The largest absolute Gasteiger partial charge is 0.437 e. The molecular formula is C14H12Cl3NO. The zero-order chi connectivity index (χ0) is 14.0. The number of pyridine rings is 1. The molecule has 0 amide bonds. The van der Waals surface area contributed by atoms with E-state index in [0.717, 1.165) is 0 Å². The summed E-state index contributed by atoms with van der Waals surface area (Å²) in [7, 11) is 0. The first-order valence-electron chi connectivity index (χ1n) is 5.76. The molecule has 0 radical (unpaired) electrons. The van der Waals surface area contributed by atoms with E-state index in [-0.39, 0.29) is 11.0 Å². The molecule has 0 unspecified atom stereocenters. The van der Waals surface area contributed by atoms with Gasteiger partial charge in [-0.3, -0.25) is 0 Å². The van der Waals surface area contributed by atoms with Gasteiger partial charge in [-0.1, -0.05) is 60.8 Å². The Labute approximate surface area is 127 Å². The lowest BCUT2D eigenvalue weighted by Gasteiger charge is -2.09. The lowest BCUT2D eigenvalue weighted by Crippen LogP contribution is -1.91. The molecule has 0 fully saturated rings. The molecule has 0 spiro atoms. The summed E-state index contributed by atoms with van der Waals surface area (Å²) in [5.74, 6) is 1.37. The van der Waals surface area contributed by atoms with Crippen LogP contribution in [0, 0.1) is 0 Å². The van der Waals surface area contributed by atoms with Crippen LogP contribution in [0.25, 0.3) is 0 Å². The predicted octanol–water partition coefficient (Wildman–Crippen LogP) is 5.96. The summed E-state index contributed by atoms with van der Waals surface area (Å²) in [6, 6.07) is 9.26. The maximum absolute atomic E-state index is 6.00. The third kappa shape index (κ3) is 3.53. The van der Waals surface area contributed by atoms with Gasteiger partial charge in [0.2, 0.25) is 5.88 Å². The molecule has 0 atom stereocenters. The number of nitrogens with zero attached hydrogens (tertiary/aromatic N) is 1. The zero-order valence-corrected chi connectivity index (χ0v) is 12.7. The van der Waals surface area contributed by atoms with Gasteiger partial charge in [-0.15, -0.1) is 0 Å². The van der Waals surface area contributed by atoms with Gasteiger partial charge in [0.05, 0.1) is 5.02 Å². The van der Waals surface area contributed by atoms with Gasteiger partial charge >= 0.3 is 0 Å². The van der Waals surface area contributed by atoms with Crippen molar-refractivity contribution < 1.29 is 4.74 Å². The molecule has 2 aromatic rings. The summed E-state index contributed by atoms with van der Waals surface area (Å²) in [6.45, 7) is 4.26. The zero-order valence-electron chi connectivity index (χ0n) is 10.5. The van der Waals surface area contributed by atoms with Crippen molar-refractivity contribution in [3.63, 3.8) is 0 Å². The highest BCUT2D eigenvalue weighted by atomic mass is 35.5. The molecule has 19 heavy (non-hydrogen) atoms. The Kier molecular flexibility index (Phi) is 4.56. The number of halogens is 3. The Morgan fingerprint density at radius 3 is 2.21 bits per heavy atom. The minimum atomic E-state index is 0.167. The van der Waals surface area contributed by atoms with Crippen LogP contribution in [0.4, 0.5) is 0 Å². The average molecular weight is 317 g/mol. The summed E-state index contributed by atoms with van der Waals surface area (Å²) in [5, 5.41) is 0.788. The number of aromatic nitrogens is 1. The molecule has 0 aliphatic heterocycles. The third-order valence-electron chi connectivity index (χ3n) is 2.62. The summed E-state index contributed by atoms with van der Waals surface area (Å²) < 4.78 is 5.59. The van der Waals surface area contributed by atoms with Crippen molar-refractivity contribution in [2.24, 2.45) is 0 Å². The molecule has 0 saturated heterocycles. The highest BCUT2D eigenvalue weighted by Gasteiger charge is 2.10. The Hall–Kier alpha value is -0.960. The second kappa shape index (κ2) is 6.00. The molecule has 0 aliphatic rings. The highest BCUT2D eigenvalue weighted by molar-refractivity contribution is 6.42. The van der Waals surface area contributed by atoms with Crippen molar-refractivity contribution in [2.75, 3.05) is 0 Å². The quantitative estimate of drug-likeness (QED) is 0.652. The van der Waals surface area contributed by atoms with E-state index in [2.05, 4.69) is 18.8 Å². The molecular weight excluding hydrogens is 305 g/mol. The van der Waals surface area contributed by atoms with Crippen LogP contribution in [-0.4, -0.2) is 4.98 Å². The molecule has 1 heterocycles. The highest BCUT2D eigenvalue weighted by Crippen LogP contribution is 2.33. The predicted molar refractivity (Wildman–Crippen MR) is 79.9 cm³/mol. The van der Waals surface area contributed by atoms with E-state index in [4.69, 9.17) is 39.5 Å². The van der Waals surface area contributed by atoms with Crippen LogP contribution in [0.1, 0.15) is 25.3 Å². The molecule has 2 rings (SSSR count). The minimum Gasteiger partial charge on any atom is -0.437 e. The molecule has 0 N–H and O–H groups in total. The fourth-order valence-corrected chi connectivity index (χ4v) is 2.06. The Morgan fingerprint density at radius 2 is 1.63 bits per heavy atom. The van der Waals surface area contributed by atoms with Crippen molar-refractivity contribution in [3.05, 3.63) is 51.1 Å². The Morgan fingerprint density at radius 1 is 1.00 bits per heavy atom. The van der Waals surface area contributed by atoms with Gasteiger partial charge in [-0.05, 0) is 29.7 Å². The molecule has 100 valence electrons. The summed E-state index contributed by atoms with van der Waals surface area (Å²) in [4.78, 5) is 4.00. The molecule has 5 heteroatoms. The van der Waals surface area contributed by atoms with Crippen LogP contribution < -0.4 is 4.74 Å². The van der Waals surface area contributed by atoms with Crippen LogP contribution in [0.2, 0.25) is 15.2 Å². The Bertz CT molecular complexity index is 582. The fraction of sp³-hybridized carbons (Fsp3) is 0.214. The van der Waals surface area contributed by atoms with E-state index in [1.54, 1.807) is 0 Å². The third-order valence-corrected chi connectivity index (χ3v) is 3.56. The van der Waals surface area contributed by atoms with E-state index in [1.165, 1.54) is 11.6 Å². The molecule has 1 aromatic carbocycles. The van der Waals surface area contributed by atoms with Crippen molar-refractivity contribution in [1.29, 1.82) is 0 Å². The van der Waals surface area contributed by atoms with Crippen molar-refractivity contribution in [1.82, 2.24) is 4.98 Å². The molecule has 1 aromatic heterocycles. The maximum Gasteiger partial charge on any atom is 0.239 e. The van der Waals surface area contributed by atoms with E-state index in [1.807, 2.05) is 24.3 Å². The van der Waals surface area contributed by atoms with Crippen LogP contribution >= 0.6 is 34.8 Å². The van der Waals surface area contributed by atoms with Crippen molar-refractivity contribution in [3.8, 4) is 11.6 Å². The number of benzene rings is 1. The van der Waals surface area contributed by atoms with E-state index < -0.39 is 0 Å². The first kappa shape index (κ1) is 14.4. The number of hydrogen-bond donors (Lipinski definition) is 0. The second-order valence-corrected chi connectivity index (χ2v) is 5.55. The van der Waals surface area contributed by atoms with Gasteiger partial charge in [0, 0.05) is 0 Å². The lowest BCUT2D eigenvalue weighted by molar-refractivity contribution is 0.463. The SMILES string of the molecule is CC(C)c1ccc(Oc2nc(Cl)c(Cl)cc2Cl)cc1. The van der Waals surface area contributed by atoms with Crippen molar-refractivity contribution >= 4 is 34.8 Å². The first-order chi connectivity index (χ1) is 8.97. The lowest BCUT2D eigenvalue weighted by atomic mass is 10.0. The van der Waals surface area contributed by atoms with E-state index >= 15 is 0 Å². The molecule has 2 nitrogen and oxygen atoms in total. The minimum absolute atomic E-state index is 0.167. The first-order valence-corrected chi connectivity index (χ1v) is 6.90. The van der Waals surface area contributed by atoms with Gasteiger partial charge < -0.3 is 4.74 Å². The number of rotatable bonds is 3. The van der Waals surface area contributed by atoms with Gasteiger partial charge in [-0.2, -0.15) is 4.98 Å². The van der Waals surface area contributed by atoms with Gasteiger partial charge in [-0.25, -0.2) is 0 Å². The topological polar surface area (TPSA) is 22.1 Å².